The number of hydrogen-bond acceptors (Lipinski definition) is 5. The molecule has 1 aliphatic rings. The summed E-state index contributed by atoms with van der Waals surface area (Å²) in [6, 6.07) is 10.4. The average Bonchev–Trinajstić information content (AvgIpc) is 3.18. The summed E-state index contributed by atoms with van der Waals surface area (Å²) in [5.41, 5.74) is 1.48. The Labute approximate surface area is 187 Å². The van der Waals surface area contributed by atoms with Gasteiger partial charge in [0.05, 0.1) is 5.69 Å². The van der Waals surface area contributed by atoms with Gasteiger partial charge in [0, 0.05) is 23.7 Å². The van der Waals surface area contributed by atoms with Gasteiger partial charge in [-0.15, -0.1) is 4.57 Å². The molecule has 1 saturated carbocycles. The van der Waals surface area contributed by atoms with Crippen LogP contribution in [0, 0.1) is 18.8 Å². The molecule has 4 rings (SSSR count). The number of anilines is 1. The van der Waals surface area contributed by atoms with Crippen molar-refractivity contribution >= 4 is 17.2 Å². The van der Waals surface area contributed by atoms with Crippen molar-refractivity contribution in [2.75, 3.05) is 5.32 Å². The van der Waals surface area contributed by atoms with Crippen LogP contribution in [0.15, 0.2) is 45.7 Å². The van der Waals surface area contributed by atoms with Crippen molar-refractivity contribution in [3.8, 4) is 5.75 Å². The van der Waals surface area contributed by atoms with Crippen molar-refractivity contribution in [1.82, 2.24) is 9.56 Å². The largest absolute Gasteiger partial charge is 0.487 e. The molecule has 1 aliphatic carbocycles. The second kappa shape index (κ2) is 10.0. The second-order valence-electron chi connectivity index (χ2n) is 8.75. The quantitative estimate of drug-likeness (QED) is 0.529. The summed E-state index contributed by atoms with van der Waals surface area (Å²) in [7, 11) is 0. The zero-order valence-corrected chi connectivity index (χ0v) is 18.8. The molecule has 0 aliphatic heterocycles. The molecule has 2 aromatic heterocycles. The molecule has 1 aromatic carbocycles. The van der Waals surface area contributed by atoms with Crippen LogP contribution in [0.25, 0.3) is 5.65 Å². The summed E-state index contributed by atoms with van der Waals surface area (Å²) in [4.78, 5) is 29.1. The average molecular weight is 438 g/mol. The van der Waals surface area contributed by atoms with Gasteiger partial charge in [-0.2, -0.15) is 0 Å². The molecular formula is C25H31N3O4. The van der Waals surface area contributed by atoms with Gasteiger partial charge in [-0.1, -0.05) is 26.2 Å². The number of rotatable bonds is 8. The fourth-order valence-corrected chi connectivity index (χ4v) is 4.39. The Morgan fingerprint density at radius 1 is 1.19 bits per heavy atom. The van der Waals surface area contributed by atoms with Crippen molar-refractivity contribution in [3.63, 3.8) is 0 Å². The van der Waals surface area contributed by atoms with E-state index in [-0.39, 0.29) is 24.0 Å². The van der Waals surface area contributed by atoms with E-state index in [2.05, 4.69) is 17.2 Å². The van der Waals surface area contributed by atoms with Crippen molar-refractivity contribution in [1.29, 1.82) is 0 Å². The lowest BCUT2D eigenvalue weighted by molar-refractivity contribution is -0.121. The Bertz CT molecular complexity index is 1110. The first-order valence-corrected chi connectivity index (χ1v) is 11.5. The summed E-state index contributed by atoms with van der Waals surface area (Å²) in [6.45, 7) is 4.17. The molecule has 0 radical (unpaired) electrons. The smallest absolute Gasteiger partial charge is 0.287 e. The molecule has 1 amide bonds. The summed E-state index contributed by atoms with van der Waals surface area (Å²) in [5, 5.41) is 3.04. The number of nitrogens with zero attached hydrogens (tertiary/aromatic N) is 2. The zero-order valence-electron chi connectivity index (χ0n) is 18.8. The van der Waals surface area contributed by atoms with Gasteiger partial charge in [-0.25, -0.2) is 4.98 Å². The van der Waals surface area contributed by atoms with E-state index < -0.39 is 0 Å². The summed E-state index contributed by atoms with van der Waals surface area (Å²) < 4.78 is 12.2. The first-order chi connectivity index (χ1) is 15.5. The number of aromatic nitrogens is 2. The van der Waals surface area contributed by atoms with Crippen LogP contribution < -0.4 is 15.6 Å². The summed E-state index contributed by atoms with van der Waals surface area (Å²) in [6.07, 6.45) is 8.12. The molecule has 2 heterocycles. The van der Waals surface area contributed by atoms with Gasteiger partial charge in [0.2, 0.25) is 5.91 Å². The number of hydrogen-bond donors (Lipinski definition) is 1. The number of amides is 1. The van der Waals surface area contributed by atoms with E-state index in [9.17, 15) is 9.59 Å². The van der Waals surface area contributed by atoms with Crippen LogP contribution in [0.1, 0.15) is 63.3 Å². The maximum absolute atomic E-state index is 12.6. The number of benzene rings is 1. The molecule has 0 unspecified atom stereocenters. The first-order valence-electron chi connectivity index (χ1n) is 11.5. The number of unbranched alkanes of at least 4 members (excludes halogenated alkanes) is 1. The minimum atomic E-state index is -0.279. The van der Waals surface area contributed by atoms with E-state index >= 15 is 0 Å². The highest BCUT2D eigenvalue weighted by atomic mass is 16.5. The fourth-order valence-electron chi connectivity index (χ4n) is 4.39. The van der Waals surface area contributed by atoms with E-state index in [1.165, 1.54) is 25.3 Å². The topological polar surface area (TPSA) is 85.8 Å². The molecule has 1 fully saturated rings. The minimum absolute atomic E-state index is 0.107. The van der Waals surface area contributed by atoms with Gasteiger partial charge in [0.25, 0.3) is 5.56 Å². The number of carbonyl (C=O) groups is 1. The maximum Gasteiger partial charge on any atom is 0.287 e. The Morgan fingerprint density at radius 2 is 1.94 bits per heavy atom. The number of carbonyl (C=O) groups excluding carboxylic acids is 1. The number of ether oxygens (including phenoxy) is 1. The van der Waals surface area contributed by atoms with Gasteiger partial charge in [-0.3, -0.25) is 9.59 Å². The molecule has 7 heteroatoms. The maximum atomic E-state index is 12.6. The fraction of sp³-hybridized carbons (Fsp3) is 0.480. The van der Waals surface area contributed by atoms with Crippen LogP contribution in [0.5, 0.6) is 5.75 Å². The molecule has 7 nitrogen and oxygen atoms in total. The summed E-state index contributed by atoms with van der Waals surface area (Å²) >= 11 is 0. The van der Waals surface area contributed by atoms with E-state index in [4.69, 9.17) is 9.26 Å². The van der Waals surface area contributed by atoms with Crippen molar-refractivity contribution in [2.24, 2.45) is 11.8 Å². The van der Waals surface area contributed by atoms with E-state index in [0.717, 1.165) is 41.9 Å². The highest BCUT2D eigenvalue weighted by Crippen LogP contribution is 2.32. The monoisotopic (exact) mass is 437 g/mol. The lowest BCUT2D eigenvalue weighted by Gasteiger charge is -2.27. The third kappa shape index (κ3) is 5.39. The van der Waals surface area contributed by atoms with E-state index in [0.29, 0.717) is 22.9 Å². The molecule has 32 heavy (non-hydrogen) atoms. The van der Waals surface area contributed by atoms with Crippen LogP contribution in [0.3, 0.4) is 0 Å². The molecule has 170 valence electrons. The molecule has 0 spiro atoms. The van der Waals surface area contributed by atoms with Crippen LogP contribution in [-0.2, 0) is 11.4 Å². The predicted molar refractivity (Wildman–Crippen MR) is 123 cm³/mol. The number of aryl methyl sites for hydroxylation is 1. The van der Waals surface area contributed by atoms with Gasteiger partial charge in [0.1, 0.15) is 18.1 Å². The van der Waals surface area contributed by atoms with E-state index in [1.54, 1.807) is 13.0 Å². The van der Waals surface area contributed by atoms with Gasteiger partial charge >= 0.3 is 0 Å². The minimum Gasteiger partial charge on any atom is -0.487 e. The van der Waals surface area contributed by atoms with E-state index in [1.807, 2.05) is 24.3 Å². The SMILES string of the molecule is CCCCC1CCC(C(=O)Nc2ccc(OCc3cc(=O)n4oc(C)cc4n3)cc2)CC1. The van der Waals surface area contributed by atoms with Crippen LogP contribution in [0.2, 0.25) is 0 Å². The van der Waals surface area contributed by atoms with Crippen molar-refractivity contribution in [3.05, 3.63) is 58.2 Å². The van der Waals surface area contributed by atoms with Crippen molar-refractivity contribution < 1.29 is 14.1 Å². The lowest BCUT2D eigenvalue weighted by atomic mass is 9.79. The van der Waals surface area contributed by atoms with Crippen LogP contribution in [-0.4, -0.2) is 15.5 Å². The third-order valence-corrected chi connectivity index (χ3v) is 6.22. The Hall–Kier alpha value is -3.09. The van der Waals surface area contributed by atoms with Gasteiger partial charge < -0.3 is 14.6 Å². The highest BCUT2D eigenvalue weighted by Gasteiger charge is 2.26. The highest BCUT2D eigenvalue weighted by molar-refractivity contribution is 5.92. The number of fused-ring (bicyclic) bond motifs is 1. The second-order valence-corrected chi connectivity index (χ2v) is 8.75. The molecule has 3 aromatic rings. The lowest BCUT2D eigenvalue weighted by Crippen LogP contribution is -2.27. The molecule has 1 N–H and O–H groups in total. The molecular weight excluding hydrogens is 406 g/mol. The van der Waals surface area contributed by atoms with Crippen molar-refractivity contribution in [2.45, 2.75) is 65.4 Å². The Morgan fingerprint density at radius 3 is 2.66 bits per heavy atom. The zero-order chi connectivity index (χ0) is 22.5. The molecule has 0 atom stereocenters. The molecule has 0 saturated heterocycles. The normalized spacial score (nSPS) is 18.6. The predicted octanol–water partition coefficient (Wildman–Crippen LogP) is 5.11. The standard InChI is InChI=1S/C25H31N3O4/c1-3-4-5-18-6-8-19(9-7-18)25(30)27-20-10-12-22(13-11-20)31-16-21-15-24(29)28-23(26-21)14-17(2)32-28/h10-15,18-19H,3-9,16H2,1-2H3,(H,27,30). The van der Waals surface area contributed by atoms with Crippen LogP contribution in [0.4, 0.5) is 5.69 Å². The third-order valence-electron chi connectivity index (χ3n) is 6.22. The van der Waals surface area contributed by atoms with Crippen LogP contribution >= 0.6 is 0 Å². The summed E-state index contributed by atoms with van der Waals surface area (Å²) in [5.74, 6) is 2.27. The van der Waals surface area contributed by atoms with Gasteiger partial charge in [0.15, 0.2) is 5.65 Å². The molecule has 0 bridgehead atoms. The Balaban J connectivity index is 1.28. The first kappa shape index (κ1) is 22.1. The number of nitrogens with one attached hydrogen (secondary N) is 1. The van der Waals surface area contributed by atoms with Gasteiger partial charge in [-0.05, 0) is 62.8 Å². The Kier molecular flexibility index (Phi) is 6.93.